The predicted octanol–water partition coefficient (Wildman–Crippen LogP) is 5.40. The largest absolute Gasteiger partial charge is 0.496 e. The first-order valence-electron chi connectivity index (χ1n) is 7.11. The first-order chi connectivity index (χ1) is 11.6. The monoisotopic (exact) mass is 364 g/mol. The minimum atomic E-state index is -4.50. The van der Waals surface area contributed by atoms with E-state index < -0.39 is 24.3 Å². The third-order valence-electron chi connectivity index (χ3n) is 3.33. The van der Waals surface area contributed by atoms with Crippen LogP contribution < -0.4 is 9.47 Å². The molecule has 0 unspecified atom stereocenters. The van der Waals surface area contributed by atoms with Gasteiger partial charge in [-0.25, -0.2) is 0 Å². The molecule has 0 spiro atoms. The van der Waals surface area contributed by atoms with E-state index in [0.29, 0.717) is 0 Å². The maximum Gasteiger partial charge on any atom is 0.416 e. The number of ether oxygens (including phenoxy) is 2. The quantitative estimate of drug-likeness (QED) is 0.662. The highest BCUT2D eigenvalue weighted by atomic mass is 19.4. The Balaban J connectivity index is 2.10. The highest BCUT2D eigenvalue weighted by molar-refractivity contribution is 5.38. The third-order valence-corrected chi connectivity index (χ3v) is 3.33. The molecular formula is C17H14F6O2. The summed E-state index contributed by atoms with van der Waals surface area (Å²) in [5.41, 5.74) is -0.597. The van der Waals surface area contributed by atoms with Gasteiger partial charge in [0.15, 0.2) is 0 Å². The first kappa shape index (κ1) is 19.0. The van der Waals surface area contributed by atoms with Gasteiger partial charge in [0.05, 0.1) is 19.1 Å². The molecule has 0 atom stereocenters. The van der Waals surface area contributed by atoms with E-state index in [0.717, 1.165) is 12.1 Å². The Kier molecular flexibility index (Phi) is 5.49. The van der Waals surface area contributed by atoms with Crippen LogP contribution in [-0.4, -0.2) is 13.3 Å². The van der Waals surface area contributed by atoms with Gasteiger partial charge in [0.25, 0.3) is 0 Å². The fourth-order valence-electron chi connectivity index (χ4n) is 2.16. The van der Waals surface area contributed by atoms with Crippen LogP contribution in [0.4, 0.5) is 26.3 Å². The first-order valence-corrected chi connectivity index (χ1v) is 7.11. The van der Waals surface area contributed by atoms with Gasteiger partial charge >= 0.3 is 12.4 Å². The van der Waals surface area contributed by atoms with E-state index in [1.54, 1.807) is 0 Å². The van der Waals surface area contributed by atoms with E-state index in [1.165, 1.54) is 37.4 Å². The molecule has 2 nitrogen and oxygen atoms in total. The summed E-state index contributed by atoms with van der Waals surface area (Å²) in [6.45, 7) is -0.217. The zero-order chi connectivity index (χ0) is 18.7. The number of alkyl halides is 6. The van der Waals surface area contributed by atoms with E-state index in [2.05, 4.69) is 0 Å². The summed E-state index contributed by atoms with van der Waals surface area (Å²) in [6, 6.07) is 8.18. The summed E-state index contributed by atoms with van der Waals surface area (Å²) in [4.78, 5) is 0. The van der Waals surface area contributed by atoms with Crippen molar-refractivity contribution in [1.29, 1.82) is 0 Å². The van der Waals surface area contributed by atoms with E-state index >= 15 is 0 Å². The Hall–Kier alpha value is -2.38. The maximum atomic E-state index is 12.8. The van der Waals surface area contributed by atoms with Gasteiger partial charge in [-0.05, 0) is 35.9 Å². The molecule has 0 aliphatic rings. The van der Waals surface area contributed by atoms with Crippen LogP contribution in [0.5, 0.6) is 11.5 Å². The third kappa shape index (κ3) is 5.58. The molecule has 0 aliphatic carbocycles. The minimum absolute atomic E-state index is 0.0662. The fourth-order valence-corrected chi connectivity index (χ4v) is 2.16. The molecule has 2 aromatic carbocycles. The lowest BCUT2D eigenvalue weighted by atomic mass is 10.1. The van der Waals surface area contributed by atoms with Crippen molar-refractivity contribution in [2.24, 2.45) is 0 Å². The normalized spacial score (nSPS) is 12.1. The number of methoxy groups -OCH3 is 1. The van der Waals surface area contributed by atoms with Gasteiger partial charge in [0, 0.05) is 5.56 Å². The van der Waals surface area contributed by atoms with Crippen LogP contribution >= 0.6 is 0 Å². The Morgan fingerprint density at radius 2 is 1.52 bits per heavy atom. The molecule has 0 radical (unpaired) electrons. The SMILES string of the molecule is COc1ccc(C(F)(F)F)cc1COc1ccc(CC(F)(F)F)cc1. The Bertz CT molecular complexity index is 705. The van der Waals surface area contributed by atoms with E-state index in [9.17, 15) is 26.3 Å². The van der Waals surface area contributed by atoms with Gasteiger partial charge in [-0.3, -0.25) is 0 Å². The van der Waals surface area contributed by atoms with Crippen molar-refractivity contribution >= 4 is 0 Å². The standard InChI is InChI=1S/C17H14F6O2/c1-24-15-7-4-13(17(21,22)23)8-12(15)10-25-14-5-2-11(3-6-14)9-16(18,19)20/h2-8H,9-10H2,1H3. The van der Waals surface area contributed by atoms with Gasteiger partial charge in [0.2, 0.25) is 0 Å². The summed E-state index contributed by atoms with van der Waals surface area (Å²) in [6.07, 6.45) is -9.87. The van der Waals surface area contributed by atoms with Gasteiger partial charge in [-0.15, -0.1) is 0 Å². The maximum absolute atomic E-state index is 12.8. The second-order valence-corrected chi connectivity index (χ2v) is 5.25. The zero-order valence-corrected chi connectivity index (χ0v) is 13.0. The van der Waals surface area contributed by atoms with E-state index in [1.807, 2.05) is 0 Å². The molecule has 136 valence electrons. The van der Waals surface area contributed by atoms with Crippen LogP contribution in [0.1, 0.15) is 16.7 Å². The molecule has 8 heteroatoms. The zero-order valence-electron chi connectivity index (χ0n) is 13.0. The molecule has 0 heterocycles. The molecule has 2 aromatic rings. The van der Waals surface area contributed by atoms with Crippen molar-refractivity contribution in [3.63, 3.8) is 0 Å². The second kappa shape index (κ2) is 7.25. The Morgan fingerprint density at radius 3 is 2.04 bits per heavy atom. The van der Waals surface area contributed by atoms with Gasteiger partial charge in [-0.2, -0.15) is 26.3 Å². The number of benzene rings is 2. The van der Waals surface area contributed by atoms with Crippen molar-refractivity contribution in [1.82, 2.24) is 0 Å². The predicted molar refractivity (Wildman–Crippen MR) is 78.5 cm³/mol. The Labute approximate surface area is 140 Å². The molecule has 0 aromatic heterocycles. The molecule has 2 rings (SSSR count). The van der Waals surface area contributed by atoms with Crippen molar-refractivity contribution in [2.75, 3.05) is 7.11 Å². The second-order valence-electron chi connectivity index (χ2n) is 5.25. The van der Waals surface area contributed by atoms with Crippen LogP contribution in [0, 0.1) is 0 Å². The van der Waals surface area contributed by atoms with Crippen LogP contribution in [0.25, 0.3) is 0 Å². The van der Waals surface area contributed by atoms with E-state index in [4.69, 9.17) is 9.47 Å². The summed E-state index contributed by atoms with van der Waals surface area (Å²) in [7, 11) is 1.32. The van der Waals surface area contributed by atoms with Crippen molar-refractivity contribution in [3.05, 3.63) is 59.2 Å². The van der Waals surface area contributed by atoms with Crippen LogP contribution in [0.3, 0.4) is 0 Å². The molecule has 0 saturated carbocycles. The van der Waals surface area contributed by atoms with Crippen molar-refractivity contribution in [3.8, 4) is 11.5 Å². The van der Waals surface area contributed by atoms with Gasteiger partial charge in [0.1, 0.15) is 18.1 Å². The molecule has 0 saturated heterocycles. The molecule has 0 bridgehead atoms. The summed E-state index contributed by atoms with van der Waals surface area (Å²) >= 11 is 0. The van der Waals surface area contributed by atoms with Crippen LogP contribution in [-0.2, 0) is 19.2 Å². The molecule has 0 aliphatic heterocycles. The van der Waals surface area contributed by atoms with Crippen LogP contribution in [0.15, 0.2) is 42.5 Å². The average molecular weight is 364 g/mol. The average Bonchev–Trinajstić information content (AvgIpc) is 2.51. The summed E-state index contributed by atoms with van der Waals surface area (Å²) in [5, 5.41) is 0. The lowest BCUT2D eigenvalue weighted by Gasteiger charge is -2.14. The minimum Gasteiger partial charge on any atom is -0.496 e. The highest BCUT2D eigenvalue weighted by Crippen LogP contribution is 2.33. The lowest BCUT2D eigenvalue weighted by molar-refractivity contribution is -0.137. The fraction of sp³-hybridized carbons (Fsp3) is 0.294. The summed E-state index contributed by atoms with van der Waals surface area (Å²) < 4.78 is 85.6. The number of rotatable bonds is 5. The molecule has 25 heavy (non-hydrogen) atoms. The van der Waals surface area contributed by atoms with Crippen molar-refractivity contribution in [2.45, 2.75) is 25.4 Å². The topological polar surface area (TPSA) is 18.5 Å². The summed E-state index contributed by atoms with van der Waals surface area (Å²) in [5.74, 6) is 0.465. The van der Waals surface area contributed by atoms with Gasteiger partial charge < -0.3 is 9.47 Å². The van der Waals surface area contributed by atoms with E-state index in [-0.39, 0.29) is 29.2 Å². The number of halogens is 6. The number of hydrogen-bond acceptors (Lipinski definition) is 2. The number of hydrogen-bond donors (Lipinski definition) is 0. The lowest BCUT2D eigenvalue weighted by Crippen LogP contribution is -2.11. The van der Waals surface area contributed by atoms with Crippen molar-refractivity contribution < 1.29 is 35.8 Å². The molecular weight excluding hydrogens is 350 g/mol. The molecule has 0 amide bonds. The molecule has 0 fully saturated rings. The highest BCUT2D eigenvalue weighted by Gasteiger charge is 2.31. The molecule has 0 N–H and O–H groups in total. The van der Waals surface area contributed by atoms with Gasteiger partial charge in [-0.1, -0.05) is 12.1 Å². The smallest absolute Gasteiger partial charge is 0.416 e. The van der Waals surface area contributed by atoms with Crippen LogP contribution in [0.2, 0.25) is 0 Å². The Morgan fingerprint density at radius 1 is 0.880 bits per heavy atom.